The Morgan fingerprint density at radius 1 is 1.26 bits per heavy atom. The van der Waals surface area contributed by atoms with Crippen molar-refractivity contribution in [2.75, 3.05) is 13.1 Å². The number of carbonyl (C=O) groups is 1. The van der Waals surface area contributed by atoms with E-state index in [1.807, 2.05) is 6.07 Å². The van der Waals surface area contributed by atoms with Crippen LogP contribution < -0.4 is 0 Å². The zero-order chi connectivity index (χ0) is 13.9. The Bertz CT molecular complexity index is 495. The standard InChI is InChI=1S/C14H14F2N2O/c15-14(16)6-9-18(10-7-14)13(19)12-3-1-11(2-4-12)5-8-17/h1-4H,5-7,9-10H2. The second-order valence-electron chi connectivity index (χ2n) is 4.68. The lowest BCUT2D eigenvalue weighted by molar-refractivity contribution is -0.0494. The molecular formula is C14H14F2N2O. The monoisotopic (exact) mass is 264 g/mol. The van der Waals surface area contributed by atoms with Crippen LogP contribution in [0.1, 0.15) is 28.8 Å². The second kappa shape index (κ2) is 5.35. The largest absolute Gasteiger partial charge is 0.338 e. The van der Waals surface area contributed by atoms with Crippen LogP contribution in [-0.2, 0) is 6.42 Å². The molecule has 1 amide bonds. The van der Waals surface area contributed by atoms with Gasteiger partial charge in [0, 0.05) is 31.5 Å². The molecule has 0 N–H and O–H groups in total. The molecule has 0 unspecified atom stereocenters. The Balaban J connectivity index is 2.02. The van der Waals surface area contributed by atoms with Crippen molar-refractivity contribution >= 4 is 5.91 Å². The normalized spacial score (nSPS) is 17.8. The van der Waals surface area contributed by atoms with Gasteiger partial charge in [0.2, 0.25) is 0 Å². The molecule has 19 heavy (non-hydrogen) atoms. The van der Waals surface area contributed by atoms with Gasteiger partial charge in [-0.15, -0.1) is 0 Å². The highest BCUT2D eigenvalue weighted by molar-refractivity contribution is 5.94. The van der Waals surface area contributed by atoms with Crippen molar-refractivity contribution in [1.29, 1.82) is 5.26 Å². The molecule has 2 rings (SSSR count). The van der Waals surface area contributed by atoms with Gasteiger partial charge in [-0.1, -0.05) is 12.1 Å². The van der Waals surface area contributed by atoms with Gasteiger partial charge in [-0.05, 0) is 17.7 Å². The lowest BCUT2D eigenvalue weighted by atomic mass is 10.0. The van der Waals surface area contributed by atoms with Crippen LogP contribution >= 0.6 is 0 Å². The summed E-state index contributed by atoms with van der Waals surface area (Å²) in [7, 11) is 0. The van der Waals surface area contributed by atoms with Crippen LogP contribution in [0.15, 0.2) is 24.3 Å². The number of alkyl halides is 2. The zero-order valence-electron chi connectivity index (χ0n) is 10.4. The summed E-state index contributed by atoms with van der Waals surface area (Å²) >= 11 is 0. The molecule has 1 aromatic carbocycles. The number of rotatable bonds is 2. The molecular weight excluding hydrogens is 250 g/mol. The highest BCUT2D eigenvalue weighted by atomic mass is 19.3. The van der Waals surface area contributed by atoms with E-state index in [0.29, 0.717) is 12.0 Å². The molecule has 0 aliphatic carbocycles. The van der Waals surface area contributed by atoms with Crippen LogP contribution in [0.4, 0.5) is 8.78 Å². The SMILES string of the molecule is N#CCc1ccc(C(=O)N2CCC(F)(F)CC2)cc1. The Morgan fingerprint density at radius 2 is 1.84 bits per heavy atom. The molecule has 1 fully saturated rings. The van der Waals surface area contributed by atoms with Crippen LogP contribution in [-0.4, -0.2) is 29.8 Å². The van der Waals surface area contributed by atoms with Gasteiger partial charge in [-0.25, -0.2) is 8.78 Å². The number of carbonyl (C=O) groups excluding carboxylic acids is 1. The Morgan fingerprint density at radius 3 is 2.37 bits per heavy atom. The van der Waals surface area contributed by atoms with Crippen LogP contribution in [0.2, 0.25) is 0 Å². The summed E-state index contributed by atoms with van der Waals surface area (Å²) in [6.07, 6.45) is -0.249. The zero-order valence-corrected chi connectivity index (χ0v) is 10.4. The number of hydrogen-bond acceptors (Lipinski definition) is 2. The van der Waals surface area contributed by atoms with Crippen LogP contribution in [0.3, 0.4) is 0 Å². The summed E-state index contributed by atoms with van der Waals surface area (Å²) in [4.78, 5) is 13.6. The second-order valence-corrected chi connectivity index (χ2v) is 4.68. The minimum atomic E-state index is -2.65. The average Bonchev–Trinajstić information content (AvgIpc) is 2.39. The van der Waals surface area contributed by atoms with Gasteiger partial charge in [0.15, 0.2) is 0 Å². The first-order chi connectivity index (χ1) is 9.02. The maximum absolute atomic E-state index is 13.0. The van der Waals surface area contributed by atoms with Gasteiger partial charge < -0.3 is 4.90 Å². The van der Waals surface area contributed by atoms with Crippen LogP contribution in [0.5, 0.6) is 0 Å². The third-order valence-corrected chi connectivity index (χ3v) is 3.27. The van der Waals surface area contributed by atoms with Crippen LogP contribution in [0, 0.1) is 11.3 Å². The number of piperidine rings is 1. The third kappa shape index (κ3) is 3.28. The molecule has 0 radical (unpaired) electrons. The first-order valence-electron chi connectivity index (χ1n) is 6.15. The number of nitriles is 1. The fourth-order valence-corrected chi connectivity index (χ4v) is 2.08. The predicted molar refractivity (Wildman–Crippen MR) is 65.8 cm³/mol. The molecule has 5 heteroatoms. The molecule has 0 bridgehead atoms. The van der Waals surface area contributed by atoms with E-state index in [-0.39, 0.29) is 31.8 Å². The first-order valence-corrected chi connectivity index (χ1v) is 6.15. The molecule has 1 saturated heterocycles. The summed E-state index contributed by atoms with van der Waals surface area (Å²) in [6.45, 7) is 0.178. The predicted octanol–water partition coefficient (Wildman–Crippen LogP) is 2.62. The summed E-state index contributed by atoms with van der Waals surface area (Å²) in [5.41, 5.74) is 1.32. The molecule has 0 spiro atoms. The van der Waals surface area contributed by atoms with Gasteiger partial charge >= 0.3 is 0 Å². The highest BCUT2D eigenvalue weighted by Crippen LogP contribution is 2.28. The van der Waals surface area contributed by atoms with E-state index in [1.165, 1.54) is 4.90 Å². The number of benzene rings is 1. The van der Waals surface area contributed by atoms with E-state index in [4.69, 9.17) is 5.26 Å². The fourth-order valence-electron chi connectivity index (χ4n) is 2.08. The van der Waals surface area contributed by atoms with E-state index >= 15 is 0 Å². The maximum Gasteiger partial charge on any atom is 0.253 e. The molecule has 3 nitrogen and oxygen atoms in total. The van der Waals surface area contributed by atoms with Crippen molar-refractivity contribution in [3.8, 4) is 6.07 Å². The van der Waals surface area contributed by atoms with Crippen molar-refractivity contribution < 1.29 is 13.6 Å². The van der Waals surface area contributed by atoms with Gasteiger partial charge in [0.25, 0.3) is 11.8 Å². The number of halogens is 2. The van der Waals surface area contributed by atoms with E-state index in [1.54, 1.807) is 24.3 Å². The van der Waals surface area contributed by atoms with Crippen LogP contribution in [0.25, 0.3) is 0 Å². The molecule has 1 aromatic rings. The van der Waals surface area contributed by atoms with E-state index < -0.39 is 5.92 Å². The van der Waals surface area contributed by atoms with Crippen molar-refractivity contribution in [3.05, 3.63) is 35.4 Å². The number of hydrogen-bond donors (Lipinski definition) is 0. The van der Waals surface area contributed by atoms with E-state index in [2.05, 4.69) is 0 Å². The smallest absolute Gasteiger partial charge is 0.253 e. The summed E-state index contributed by atoms with van der Waals surface area (Å²) < 4.78 is 26.0. The van der Waals surface area contributed by atoms with Gasteiger partial charge in [-0.3, -0.25) is 4.79 Å². The summed E-state index contributed by atoms with van der Waals surface area (Å²) in [6, 6.07) is 8.74. The van der Waals surface area contributed by atoms with Crippen molar-refractivity contribution in [2.24, 2.45) is 0 Å². The molecule has 1 aliphatic rings. The minimum absolute atomic E-state index is 0.0891. The lowest BCUT2D eigenvalue weighted by Crippen LogP contribution is -2.42. The van der Waals surface area contributed by atoms with E-state index in [9.17, 15) is 13.6 Å². The lowest BCUT2D eigenvalue weighted by Gasteiger charge is -2.31. The van der Waals surface area contributed by atoms with E-state index in [0.717, 1.165) is 5.56 Å². The molecule has 0 atom stereocenters. The maximum atomic E-state index is 13.0. The summed E-state index contributed by atoms with van der Waals surface area (Å²) in [5, 5.41) is 8.55. The quantitative estimate of drug-likeness (QED) is 0.824. The Kier molecular flexibility index (Phi) is 3.79. The van der Waals surface area contributed by atoms with Crippen molar-refractivity contribution in [3.63, 3.8) is 0 Å². The molecule has 0 aromatic heterocycles. The number of likely N-dealkylation sites (tertiary alicyclic amines) is 1. The molecule has 0 saturated carbocycles. The summed E-state index contributed by atoms with van der Waals surface area (Å²) in [5.74, 6) is -2.87. The number of nitrogens with zero attached hydrogens (tertiary/aromatic N) is 2. The topological polar surface area (TPSA) is 44.1 Å². The number of amides is 1. The van der Waals surface area contributed by atoms with Crippen molar-refractivity contribution in [1.82, 2.24) is 4.90 Å². The van der Waals surface area contributed by atoms with Gasteiger partial charge in [0.05, 0.1) is 12.5 Å². The van der Waals surface area contributed by atoms with Crippen molar-refractivity contribution in [2.45, 2.75) is 25.2 Å². The third-order valence-electron chi connectivity index (χ3n) is 3.27. The molecule has 100 valence electrons. The Hall–Kier alpha value is -1.96. The molecule has 1 aliphatic heterocycles. The minimum Gasteiger partial charge on any atom is -0.338 e. The van der Waals surface area contributed by atoms with Gasteiger partial charge in [-0.2, -0.15) is 5.26 Å². The van der Waals surface area contributed by atoms with Gasteiger partial charge in [0.1, 0.15) is 0 Å². The fraction of sp³-hybridized carbons (Fsp3) is 0.429. The Labute approximate surface area is 110 Å². The first kappa shape index (κ1) is 13.5. The average molecular weight is 264 g/mol. The highest BCUT2D eigenvalue weighted by Gasteiger charge is 2.35. The molecule has 1 heterocycles.